The van der Waals surface area contributed by atoms with E-state index in [-0.39, 0.29) is 11.7 Å². The molecule has 2 N–H and O–H groups in total. The van der Waals surface area contributed by atoms with Gasteiger partial charge in [-0.2, -0.15) is 0 Å². The minimum Gasteiger partial charge on any atom is -0.512 e. The summed E-state index contributed by atoms with van der Waals surface area (Å²) in [5.41, 5.74) is 2.63. The predicted molar refractivity (Wildman–Crippen MR) is 75.4 cm³/mol. The molecule has 1 aliphatic heterocycles. The van der Waals surface area contributed by atoms with Crippen molar-refractivity contribution in [3.8, 4) is 0 Å². The molecule has 1 amide bonds. The van der Waals surface area contributed by atoms with Gasteiger partial charge in [-0.3, -0.25) is 9.69 Å². The van der Waals surface area contributed by atoms with E-state index in [0.717, 1.165) is 17.8 Å². The van der Waals surface area contributed by atoms with Crippen LogP contribution in [0.15, 0.2) is 35.6 Å². The van der Waals surface area contributed by atoms with Crippen molar-refractivity contribution in [2.75, 3.05) is 11.4 Å². The van der Waals surface area contributed by atoms with E-state index in [2.05, 4.69) is 11.1 Å². The number of carbonyl (C=O) groups is 1. The third-order valence-corrected chi connectivity index (χ3v) is 3.76. The van der Waals surface area contributed by atoms with Crippen molar-refractivity contribution in [2.24, 2.45) is 0 Å². The minimum absolute atomic E-state index is 0.0783. The molecule has 0 bridgehead atoms. The lowest BCUT2D eigenvalue weighted by Crippen LogP contribution is -2.30. The lowest BCUT2D eigenvalue weighted by Gasteiger charge is -2.16. The van der Waals surface area contributed by atoms with Crippen molar-refractivity contribution in [1.82, 2.24) is 4.98 Å². The first-order valence-corrected chi connectivity index (χ1v) is 6.37. The molecule has 0 fully saturated rings. The number of anilines is 1. The fraction of sp³-hybridized carbons (Fsp3) is 0.267. The Bertz CT molecular complexity index is 693. The molecule has 1 aliphatic rings. The van der Waals surface area contributed by atoms with Crippen molar-refractivity contribution in [1.29, 1.82) is 0 Å². The second-order valence-electron chi connectivity index (χ2n) is 4.91. The number of aliphatic hydroxyl groups is 1. The number of nitrogens with one attached hydrogen (secondary N) is 1. The van der Waals surface area contributed by atoms with Crippen molar-refractivity contribution < 1.29 is 9.90 Å². The quantitative estimate of drug-likeness (QED) is 0.609. The predicted octanol–water partition coefficient (Wildman–Crippen LogP) is 2.91. The summed E-state index contributed by atoms with van der Waals surface area (Å²) < 4.78 is 0. The van der Waals surface area contributed by atoms with Gasteiger partial charge >= 0.3 is 0 Å². The van der Waals surface area contributed by atoms with Crippen LogP contribution in [0.2, 0.25) is 0 Å². The van der Waals surface area contributed by atoms with Crippen LogP contribution in [0.4, 0.5) is 5.82 Å². The Morgan fingerprint density at radius 3 is 2.79 bits per heavy atom. The third kappa shape index (κ3) is 1.71. The summed E-state index contributed by atoms with van der Waals surface area (Å²) in [4.78, 5) is 17.3. The van der Waals surface area contributed by atoms with E-state index in [1.807, 2.05) is 18.2 Å². The van der Waals surface area contributed by atoms with Crippen LogP contribution in [-0.2, 0) is 11.2 Å². The largest absolute Gasteiger partial charge is 0.512 e. The first kappa shape index (κ1) is 11.8. The Labute approximate surface area is 111 Å². The molecule has 4 heteroatoms. The van der Waals surface area contributed by atoms with Crippen molar-refractivity contribution >= 4 is 22.6 Å². The third-order valence-electron chi connectivity index (χ3n) is 3.76. The Morgan fingerprint density at radius 1 is 1.32 bits per heavy atom. The van der Waals surface area contributed by atoms with E-state index in [4.69, 9.17) is 0 Å². The number of para-hydroxylation sites is 1. The molecule has 0 saturated heterocycles. The topological polar surface area (TPSA) is 56.3 Å². The molecule has 0 atom stereocenters. The van der Waals surface area contributed by atoms with Crippen LogP contribution < -0.4 is 4.90 Å². The number of aliphatic hydroxyl groups excluding tert-OH is 1. The van der Waals surface area contributed by atoms with Gasteiger partial charge in [0.1, 0.15) is 5.82 Å². The van der Waals surface area contributed by atoms with Crippen LogP contribution in [0.3, 0.4) is 0 Å². The summed E-state index contributed by atoms with van der Waals surface area (Å²) in [7, 11) is 0. The van der Waals surface area contributed by atoms with E-state index in [0.29, 0.717) is 12.1 Å². The SMILES string of the molecule is C/C(O)=C(\C)C(=O)N1CCc2c1[nH]c1ccccc21. The average molecular weight is 256 g/mol. The van der Waals surface area contributed by atoms with Gasteiger partial charge in [-0.25, -0.2) is 0 Å². The zero-order valence-corrected chi connectivity index (χ0v) is 11.0. The highest BCUT2D eigenvalue weighted by molar-refractivity contribution is 6.08. The van der Waals surface area contributed by atoms with Gasteiger partial charge in [0.05, 0.1) is 11.3 Å². The molecule has 3 rings (SSSR count). The zero-order chi connectivity index (χ0) is 13.6. The lowest BCUT2D eigenvalue weighted by atomic mass is 10.1. The number of benzene rings is 1. The number of hydrogen-bond donors (Lipinski definition) is 2. The van der Waals surface area contributed by atoms with Crippen LogP contribution in [-0.4, -0.2) is 22.5 Å². The first-order chi connectivity index (χ1) is 9.09. The van der Waals surface area contributed by atoms with Gasteiger partial charge in [-0.05, 0) is 26.3 Å². The van der Waals surface area contributed by atoms with Gasteiger partial charge in [-0.15, -0.1) is 0 Å². The number of allylic oxidation sites excluding steroid dienone is 1. The Hall–Kier alpha value is -2.23. The lowest BCUT2D eigenvalue weighted by molar-refractivity contribution is -0.115. The highest BCUT2D eigenvalue weighted by atomic mass is 16.3. The average Bonchev–Trinajstić information content (AvgIpc) is 2.95. The second kappa shape index (κ2) is 4.16. The summed E-state index contributed by atoms with van der Waals surface area (Å²) in [6, 6.07) is 8.06. The molecule has 0 aliphatic carbocycles. The zero-order valence-electron chi connectivity index (χ0n) is 11.0. The maximum atomic E-state index is 12.3. The molecule has 0 radical (unpaired) electrons. The van der Waals surface area contributed by atoms with Crippen LogP contribution >= 0.6 is 0 Å². The van der Waals surface area contributed by atoms with E-state index in [9.17, 15) is 9.90 Å². The van der Waals surface area contributed by atoms with Crippen LogP contribution in [0, 0.1) is 0 Å². The summed E-state index contributed by atoms with van der Waals surface area (Å²) in [6.07, 6.45) is 0.850. The first-order valence-electron chi connectivity index (χ1n) is 6.37. The summed E-state index contributed by atoms with van der Waals surface area (Å²) in [5.74, 6) is 0.812. The van der Waals surface area contributed by atoms with Crippen LogP contribution in [0.1, 0.15) is 19.4 Å². The Kier molecular flexibility index (Phi) is 2.59. The molecule has 19 heavy (non-hydrogen) atoms. The number of aromatic nitrogens is 1. The summed E-state index contributed by atoms with van der Waals surface area (Å²) in [6.45, 7) is 3.85. The van der Waals surface area contributed by atoms with Crippen molar-refractivity contribution in [3.63, 3.8) is 0 Å². The minimum atomic E-state index is -0.134. The molecule has 1 aromatic heterocycles. The van der Waals surface area contributed by atoms with Crippen LogP contribution in [0.5, 0.6) is 0 Å². The molecule has 2 heterocycles. The number of hydrogen-bond acceptors (Lipinski definition) is 2. The molecular formula is C15H16N2O2. The number of fused-ring (bicyclic) bond motifs is 3. The number of carbonyl (C=O) groups excluding carboxylic acids is 1. The van der Waals surface area contributed by atoms with E-state index >= 15 is 0 Å². The highest BCUT2D eigenvalue weighted by Gasteiger charge is 2.29. The van der Waals surface area contributed by atoms with Gasteiger partial charge in [-0.1, -0.05) is 18.2 Å². The Morgan fingerprint density at radius 2 is 2.05 bits per heavy atom. The monoisotopic (exact) mass is 256 g/mol. The normalized spacial score (nSPS) is 15.6. The molecule has 1 aromatic carbocycles. The molecule has 4 nitrogen and oxygen atoms in total. The highest BCUT2D eigenvalue weighted by Crippen LogP contribution is 2.34. The van der Waals surface area contributed by atoms with Crippen molar-refractivity contribution in [3.05, 3.63) is 41.2 Å². The van der Waals surface area contributed by atoms with Crippen LogP contribution in [0.25, 0.3) is 10.9 Å². The molecule has 0 saturated carbocycles. The van der Waals surface area contributed by atoms with Crippen molar-refractivity contribution in [2.45, 2.75) is 20.3 Å². The van der Waals surface area contributed by atoms with E-state index in [1.54, 1.807) is 11.8 Å². The van der Waals surface area contributed by atoms with Gasteiger partial charge in [0.2, 0.25) is 0 Å². The number of amides is 1. The molecular weight excluding hydrogens is 240 g/mol. The number of rotatable bonds is 1. The van der Waals surface area contributed by atoms with E-state index in [1.165, 1.54) is 17.9 Å². The fourth-order valence-electron chi connectivity index (χ4n) is 2.56. The Balaban J connectivity index is 2.07. The fourth-order valence-corrected chi connectivity index (χ4v) is 2.56. The maximum Gasteiger partial charge on any atom is 0.258 e. The maximum absolute atomic E-state index is 12.3. The number of H-pyrrole nitrogens is 1. The summed E-state index contributed by atoms with van der Waals surface area (Å²) >= 11 is 0. The summed E-state index contributed by atoms with van der Waals surface area (Å²) in [5, 5.41) is 10.6. The molecule has 98 valence electrons. The second-order valence-corrected chi connectivity index (χ2v) is 4.91. The molecule has 2 aromatic rings. The van der Waals surface area contributed by atoms with E-state index < -0.39 is 0 Å². The van der Waals surface area contributed by atoms with Gasteiger partial charge < -0.3 is 10.1 Å². The number of aromatic amines is 1. The van der Waals surface area contributed by atoms with Gasteiger partial charge in [0.25, 0.3) is 5.91 Å². The smallest absolute Gasteiger partial charge is 0.258 e. The molecule has 0 spiro atoms. The standard InChI is InChI=1S/C15H16N2O2/c1-9(10(2)18)15(19)17-8-7-12-11-5-3-4-6-13(11)16-14(12)17/h3-6,16,18H,7-8H2,1-2H3/b10-9-. The molecule has 0 unspecified atom stereocenters. The van der Waals surface area contributed by atoms with Gasteiger partial charge in [0.15, 0.2) is 0 Å². The van der Waals surface area contributed by atoms with Gasteiger partial charge in [0, 0.05) is 23.0 Å². The number of nitrogens with zero attached hydrogens (tertiary/aromatic N) is 1.